The maximum atomic E-state index is 9.39. The lowest BCUT2D eigenvalue weighted by atomic mass is 9.86. The summed E-state index contributed by atoms with van der Waals surface area (Å²) in [6, 6.07) is 8.00. The summed E-state index contributed by atoms with van der Waals surface area (Å²) in [5.41, 5.74) is 1.17. The van der Waals surface area contributed by atoms with Crippen LogP contribution in [0.3, 0.4) is 0 Å². The molecule has 0 unspecified atom stereocenters. The van der Waals surface area contributed by atoms with Crippen LogP contribution in [0.25, 0.3) is 0 Å². The number of hydrogen-bond donors (Lipinski definition) is 2. The molecular weight excluding hydrogens is 306 g/mol. The van der Waals surface area contributed by atoms with E-state index in [4.69, 9.17) is 12.2 Å². The molecule has 0 radical (unpaired) electrons. The number of phenols is 1. The van der Waals surface area contributed by atoms with Crippen molar-refractivity contribution in [3.8, 4) is 5.75 Å². The fourth-order valence-electron chi connectivity index (χ4n) is 3.61. The van der Waals surface area contributed by atoms with Crippen molar-refractivity contribution in [1.29, 1.82) is 0 Å². The van der Waals surface area contributed by atoms with E-state index in [9.17, 15) is 5.11 Å². The third-order valence-electron chi connectivity index (χ3n) is 5.20. The number of anilines is 1. The van der Waals surface area contributed by atoms with Gasteiger partial charge in [0, 0.05) is 37.9 Å². The van der Waals surface area contributed by atoms with Crippen molar-refractivity contribution >= 4 is 23.0 Å². The molecule has 23 heavy (non-hydrogen) atoms. The summed E-state index contributed by atoms with van der Waals surface area (Å²) in [7, 11) is 0. The Hall–Kier alpha value is -1.49. The molecule has 3 rings (SSSR count). The second kappa shape index (κ2) is 7.39. The van der Waals surface area contributed by atoms with Crippen LogP contribution in [0, 0.1) is 5.92 Å². The van der Waals surface area contributed by atoms with E-state index in [1.165, 1.54) is 31.4 Å². The molecule has 126 valence electrons. The summed E-state index contributed by atoms with van der Waals surface area (Å²) in [5, 5.41) is 13.9. The molecule has 5 heteroatoms. The Bertz CT molecular complexity index is 526. The van der Waals surface area contributed by atoms with E-state index in [0.717, 1.165) is 37.2 Å². The maximum Gasteiger partial charge on any atom is 0.169 e. The Morgan fingerprint density at radius 3 is 2.39 bits per heavy atom. The monoisotopic (exact) mass is 333 g/mol. The van der Waals surface area contributed by atoms with E-state index in [1.807, 2.05) is 12.1 Å². The largest absolute Gasteiger partial charge is 0.508 e. The number of thiocarbonyl (C=S) groups is 1. The normalized spacial score (nSPS) is 25.3. The third-order valence-corrected chi connectivity index (χ3v) is 5.58. The van der Waals surface area contributed by atoms with Crippen LogP contribution in [0.2, 0.25) is 0 Å². The summed E-state index contributed by atoms with van der Waals surface area (Å²) >= 11 is 5.64. The average Bonchev–Trinajstić information content (AvgIpc) is 2.58. The van der Waals surface area contributed by atoms with Gasteiger partial charge in [0.2, 0.25) is 0 Å². The van der Waals surface area contributed by atoms with E-state index in [1.54, 1.807) is 12.1 Å². The van der Waals surface area contributed by atoms with E-state index < -0.39 is 0 Å². The van der Waals surface area contributed by atoms with Gasteiger partial charge in [-0.25, -0.2) is 0 Å². The fourth-order valence-corrected chi connectivity index (χ4v) is 3.95. The molecule has 2 fully saturated rings. The van der Waals surface area contributed by atoms with E-state index >= 15 is 0 Å². The summed E-state index contributed by atoms with van der Waals surface area (Å²) in [6.45, 7) is 6.17. The van der Waals surface area contributed by atoms with Crippen LogP contribution in [-0.2, 0) is 0 Å². The van der Waals surface area contributed by atoms with Crippen LogP contribution in [0.1, 0.15) is 32.6 Å². The molecule has 0 spiro atoms. The van der Waals surface area contributed by atoms with Gasteiger partial charge in [0.15, 0.2) is 5.11 Å². The Kier molecular flexibility index (Phi) is 5.26. The maximum absolute atomic E-state index is 9.39. The highest BCUT2D eigenvalue weighted by Gasteiger charge is 2.25. The molecule has 0 bridgehead atoms. The molecule has 1 heterocycles. The molecule has 4 nitrogen and oxygen atoms in total. The van der Waals surface area contributed by atoms with Crippen molar-refractivity contribution in [2.75, 3.05) is 31.1 Å². The molecule has 0 amide bonds. The van der Waals surface area contributed by atoms with Crippen LogP contribution in [0.4, 0.5) is 5.69 Å². The van der Waals surface area contributed by atoms with Gasteiger partial charge < -0.3 is 20.2 Å². The molecule has 1 aromatic carbocycles. The van der Waals surface area contributed by atoms with Gasteiger partial charge in [-0.3, -0.25) is 0 Å². The first-order chi connectivity index (χ1) is 11.1. The van der Waals surface area contributed by atoms with Crippen molar-refractivity contribution in [1.82, 2.24) is 10.2 Å². The van der Waals surface area contributed by atoms with Gasteiger partial charge in [-0.1, -0.05) is 19.8 Å². The molecule has 1 aliphatic carbocycles. The molecule has 1 aromatic rings. The topological polar surface area (TPSA) is 38.7 Å². The second-order valence-electron chi connectivity index (χ2n) is 6.81. The number of piperazine rings is 1. The average molecular weight is 334 g/mol. The minimum absolute atomic E-state index is 0.319. The van der Waals surface area contributed by atoms with Gasteiger partial charge in [-0.2, -0.15) is 0 Å². The lowest BCUT2D eigenvalue weighted by molar-refractivity contribution is 0.293. The van der Waals surface area contributed by atoms with Crippen molar-refractivity contribution in [3.05, 3.63) is 24.3 Å². The number of rotatable bonds is 2. The smallest absolute Gasteiger partial charge is 0.169 e. The standard InChI is InChI=1S/C18H27N3OS/c1-14-4-2-3-5-17(14)19-18(23)21-12-10-20(11-13-21)15-6-8-16(22)9-7-15/h6-9,14,17,22H,2-5,10-13H2,1H3,(H,19,23)/t14-,17+/m1/s1. The van der Waals surface area contributed by atoms with Crippen LogP contribution in [-0.4, -0.2) is 47.3 Å². The summed E-state index contributed by atoms with van der Waals surface area (Å²) < 4.78 is 0. The van der Waals surface area contributed by atoms with E-state index in [-0.39, 0.29) is 0 Å². The van der Waals surface area contributed by atoms with Gasteiger partial charge in [-0.15, -0.1) is 0 Å². The molecule has 0 aromatic heterocycles. The Morgan fingerprint density at radius 1 is 1.09 bits per heavy atom. The molecule has 1 saturated heterocycles. The molecule has 2 aliphatic rings. The summed E-state index contributed by atoms with van der Waals surface area (Å²) in [6.07, 6.45) is 5.24. The van der Waals surface area contributed by atoms with Crippen molar-refractivity contribution < 1.29 is 5.11 Å². The first-order valence-electron chi connectivity index (χ1n) is 8.73. The van der Waals surface area contributed by atoms with Gasteiger partial charge in [-0.05, 0) is 55.2 Å². The van der Waals surface area contributed by atoms with E-state index in [0.29, 0.717) is 11.8 Å². The highest BCUT2D eigenvalue weighted by Crippen LogP contribution is 2.24. The first kappa shape index (κ1) is 16.4. The molecule has 2 N–H and O–H groups in total. The van der Waals surface area contributed by atoms with Gasteiger partial charge >= 0.3 is 0 Å². The zero-order valence-electron chi connectivity index (χ0n) is 13.9. The van der Waals surface area contributed by atoms with Gasteiger partial charge in [0.25, 0.3) is 0 Å². The van der Waals surface area contributed by atoms with Crippen molar-refractivity contribution in [2.45, 2.75) is 38.6 Å². The second-order valence-corrected chi connectivity index (χ2v) is 7.19. The van der Waals surface area contributed by atoms with Gasteiger partial charge in [0.1, 0.15) is 5.75 Å². The van der Waals surface area contributed by atoms with Crippen molar-refractivity contribution in [3.63, 3.8) is 0 Å². The van der Waals surface area contributed by atoms with Crippen LogP contribution in [0.15, 0.2) is 24.3 Å². The predicted octanol–water partition coefficient (Wildman–Crippen LogP) is 2.97. The van der Waals surface area contributed by atoms with E-state index in [2.05, 4.69) is 22.0 Å². The van der Waals surface area contributed by atoms with Crippen LogP contribution < -0.4 is 10.2 Å². The van der Waals surface area contributed by atoms with Crippen LogP contribution >= 0.6 is 12.2 Å². The SMILES string of the molecule is C[C@@H]1CCCC[C@@H]1NC(=S)N1CCN(c2ccc(O)cc2)CC1. The lowest BCUT2D eigenvalue weighted by Crippen LogP contribution is -2.54. The number of hydrogen-bond acceptors (Lipinski definition) is 3. The molecule has 1 aliphatic heterocycles. The number of aromatic hydroxyl groups is 1. The summed E-state index contributed by atoms with van der Waals surface area (Å²) in [4.78, 5) is 4.65. The summed E-state index contributed by atoms with van der Waals surface area (Å²) in [5.74, 6) is 1.04. The number of nitrogens with zero attached hydrogens (tertiary/aromatic N) is 2. The Balaban J connectivity index is 1.50. The number of nitrogens with one attached hydrogen (secondary N) is 1. The first-order valence-corrected chi connectivity index (χ1v) is 9.14. The lowest BCUT2D eigenvalue weighted by Gasteiger charge is -2.39. The zero-order chi connectivity index (χ0) is 16.2. The van der Waals surface area contributed by atoms with Gasteiger partial charge in [0.05, 0.1) is 0 Å². The minimum atomic E-state index is 0.319. The predicted molar refractivity (Wildman–Crippen MR) is 99.0 cm³/mol. The number of phenolic OH excluding ortho intramolecular Hbond substituents is 1. The quantitative estimate of drug-likeness (QED) is 0.814. The van der Waals surface area contributed by atoms with Crippen molar-refractivity contribution in [2.24, 2.45) is 5.92 Å². The minimum Gasteiger partial charge on any atom is -0.508 e. The Labute approximate surface area is 144 Å². The Morgan fingerprint density at radius 2 is 1.74 bits per heavy atom. The highest BCUT2D eigenvalue weighted by molar-refractivity contribution is 7.80. The highest BCUT2D eigenvalue weighted by atomic mass is 32.1. The third kappa shape index (κ3) is 4.08. The fraction of sp³-hybridized carbons (Fsp3) is 0.611. The zero-order valence-corrected chi connectivity index (χ0v) is 14.7. The molecule has 1 saturated carbocycles. The molecule has 2 atom stereocenters. The van der Waals surface area contributed by atoms with Crippen LogP contribution in [0.5, 0.6) is 5.75 Å². The number of benzene rings is 1. The molecular formula is C18H27N3OS.